The van der Waals surface area contributed by atoms with Gasteiger partial charge in [0.2, 0.25) is 5.91 Å². The summed E-state index contributed by atoms with van der Waals surface area (Å²) in [7, 11) is 1.49. The standard InChI is InChI=1S/C27H28N2O5/c1-19-10-9-11-20(2)26(19)28-24(30)16-29(3)25(31)18-34-27(32)23-15-8-7-12-21(23)17-33-22-13-5-4-6-14-22/h4-15H,16-18H2,1-3H3,(H,28,30). The molecule has 0 aliphatic carbocycles. The summed E-state index contributed by atoms with van der Waals surface area (Å²) in [5.41, 5.74) is 3.57. The maximum Gasteiger partial charge on any atom is 0.339 e. The molecule has 0 radical (unpaired) electrons. The molecule has 7 nitrogen and oxygen atoms in total. The normalized spacial score (nSPS) is 10.3. The molecule has 7 heteroatoms. The molecule has 0 atom stereocenters. The summed E-state index contributed by atoms with van der Waals surface area (Å²) in [6.45, 7) is 3.35. The predicted molar refractivity (Wildman–Crippen MR) is 130 cm³/mol. The van der Waals surface area contributed by atoms with E-state index in [1.54, 1.807) is 24.3 Å². The van der Waals surface area contributed by atoms with Crippen LogP contribution in [0.25, 0.3) is 0 Å². The summed E-state index contributed by atoms with van der Waals surface area (Å²) in [6.07, 6.45) is 0. The number of amides is 2. The van der Waals surface area contributed by atoms with Crippen LogP contribution >= 0.6 is 0 Å². The van der Waals surface area contributed by atoms with Crippen molar-refractivity contribution in [2.24, 2.45) is 0 Å². The molecule has 1 N–H and O–H groups in total. The van der Waals surface area contributed by atoms with E-state index >= 15 is 0 Å². The number of aryl methyl sites for hydroxylation is 2. The zero-order valence-corrected chi connectivity index (χ0v) is 19.5. The maximum atomic E-state index is 12.6. The Bertz CT molecular complexity index is 1140. The second kappa shape index (κ2) is 11.7. The number of esters is 1. The van der Waals surface area contributed by atoms with Gasteiger partial charge in [0.25, 0.3) is 5.91 Å². The van der Waals surface area contributed by atoms with Gasteiger partial charge in [-0.15, -0.1) is 0 Å². The molecule has 176 valence electrons. The molecular weight excluding hydrogens is 432 g/mol. The van der Waals surface area contributed by atoms with Crippen molar-refractivity contribution < 1.29 is 23.9 Å². The van der Waals surface area contributed by atoms with E-state index in [4.69, 9.17) is 9.47 Å². The Morgan fingerprint density at radius 3 is 2.21 bits per heavy atom. The van der Waals surface area contributed by atoms with E-state index in [0.29, 0.717) is 16.9 Å². The van der Waals surface area contributed by atoms with Crippen LogP contribution in [-0.4, -0.2) is 42.9 Å². The van der Waals surface area contributed by atoms with Crippen molar-refractivity contribution in [1.82, 2.24) is 4.90 Å². The van der Waals surface area contributed by atoms with Crippen LogP contribution in [0.2, 0.25) is 0 Å². The van der Waals surface area contributed by atoms with Crippen molar-refractivity contribution in [3.63, 3.8) is 0 Å². The molecule has 0 unspecified atom stereocenters. The molecule has 0 heterocycles. The lowest BCUT2D eigenvalue weighted by Crippen LogP contribution is -2.37. The number of para-hydroxylation sites is 2. The lowest BCUT2D eigenvalue weighted by Gasteiger charge is -2.18. The number of rotatable bonds is 9. The third-order valence-electron chi connectivity index (χ3n) is 5.25. The Hall–Kier alpha value is -4.13. The van der Waals surface area contributed by atoms with Crippen LogP contribution in [-0.2, 0) is 20.9 Å². The zero-order chi connectivity index (χ0) is 24.5. The Kier molecular flexibility index (Phi) is 8.40. The molecule has 3 aromatic rings. The number of likely N-dealkylation sites (N-methyl/N-ethyl adjacent to an activating group) is 1. The van der Waals surface area contributed by atoms with E-state index < -0.39 is 18.5 Å². The fourth-order valence-electron chi connectivity index (χ4n) is 3.33. The van der Waals surface area contributed by atoms with Gasteiger partial charge in [0.1, 0.15) is 12.4 Å². The van der Waals surface area contributed by atoms with Crippen molar-refractivity contribution in [2.45, 2.75) is 20.5 Å². The number of carbonyl (C=O) groups excluding carboxylic acids is 3. The first kappa shape index (κ1) is 24.5. The minimum absolute atomic E-state index is 0.161. The van der Waals surface area contributed by atoms with Gasteiger partial charge in [-0.2, -0.15) is 0 Å². The van der Waals surface area contributed by atoms with E-state index in [-0.39, 0.29) is 19.1 Å². The second-order valence-corrected chi connectivity index (χ2v) is 7.90. The number of benzene rings is 3. The van der Waals surface area contributed by atoms with Crippen molar-refractivity contribution in [3.8, 4) is 5.75 Å². The van der Waals surface area contributed by atoms with E-state index in [1.165, 1.54) is 11.9 Å². The van der Waals surface area contributed by atoms with Crippen molar-refractivity contribution in [2.75, 3.05) is 25.5 Å². The number of anilines is 1. The topological polar surface area (TPSA) is 84.9 Å². The number of carbonyl (C=O) groups is 3. The molecule has 0 bridgehead atoms. The lowest BCUT2D eigenvalue weighted by molar-refractivity contribution is -0.136. The summed E-state index contributed by atoms with van der Waals surface area (Å²) in [4.78, 5) is 38.7. The molecule has 0 saturated heterocycles. The first-order valence-electron chi connectivity index (χ1n) is 10.9. The number of ether oxygens (including phenoxy) is 2. The van der Waals surface area contributed by atoms with Crippen molar-refractivity contribution in [1.29, 1.82) is 0 Å². The maximum absolute atomic E-state index is 12.6. The highest BCUT2D eigenvalue weighted by molar-refractivity contribution is 5.96. The molecular formula is C27H28N2O5. The summed E-state index contributed by atoms with van der Waals surface area (Å²) in [5, 5.41) is 2.84. The molecule has 0 aromatic heterocycles. The minimum Gasteiger partial charge on any atom is -0.489 e. The summed E-state index contributed by atoms with van der Waals surface area (Å²) >= 11 is 0. The van der Waals surface area contributed by atoms with Crippen LogP contribution in [0.4, 0.5) is 5.69 Å². The second-order valence-electron chi connectivity index (χ2n) is 7.90. The monoisotopic (exact) mass is 460 g/mol. The third kappa shape index (κ3) is 6.68. The fraction of sp³-hybridized carbons (Fsp3) is 0.222. The average molecular weight is 461 g/mol. The van der Waals surface area contributed by atoms with Gasteiger partial charge in [0, 0.05) is 18.3 Å². The minimum atomic E-state index is -0.631. The smallest absolute Gasteiger partial charge is 0.339 e. The van der Waals surface area contributed by atoms with Gasteiger partial charge in [-0.3, -0.25) is 9.59 Å². The summed E-state index contributed by atoms with van der Waals surface area (Å²) in [5.74, 6) is -0.762. The predicted octanol–water partition coefficient (Wildman–Crippen LogP) is 4.14. The van der Waals surface area contributed by atoms with Gasteiger partial charge in [-0.05, 0) is 43.2 Å². The molecule has 2 amide bonds. The molecule has 3 aromatic carbocycles. The Labute approximate surface area is 199 Å². The Morgan fingerprint density at radius 2 is 1.50 bits per heavy atom. The average Bonchev–Trinajstić information content (AvgIpc) is 2.84. The fourth-order valence-corrected chi connectivity index (χ4v) is 3.33. The van der Waals surface area contributed by atoms with Crippen LogP contribution in [0.15, 0.2) is 72.8 Å². The largest absolute Gasteiger partial charge is 0.489 e. The van der Waals surface area contributed by atoms with Gasteiger partial charge in [-0.25, -0.2) is 4.79 Å². The summed E-state index contributed by atoms with van der Waals surface area (Å²) < 4.78 is 11.0. The number of hydrogen-bond acceptors (Lipinski definition) is 5. The highest BCUT2D eigenvalue weighted by Gasteiger charge is 2.18. The molecule has 3 rings (SSSR count). The molecule has 0 fully saturated rings. The van der Waals surface area contributed by atoms with E-state index in [1.807, 2.05) is 62.4 Å². The van der Waals surface area contributed by atoms with E-state index in [2.05, 4.69) is 5.32 Å². The van der Waals surface area contributed by atoms with Crippen LogP contribution < -0.4 is 10.1 Å². The van der Waals surface area contributed by atoms with Gasteiger partial charge in [-0.1, -0.05) is 54.6 Å². The first-order valence-corrected chi connectivity index (χ1v) is 10.9. The van der Waals surface area contributed by atoms with E-state index in [0.717, 1.165) is 16.8 Å². The Morgan fingerprint density at radius 1 is 0.853 bits per heavy atom. The van der Waals surface area contributed by atoms with Crippen LogP contribution in [0, 0.1) is 13.8 Å². The van der Waals surface area contributed by atoms with Gasteiger partial charge >= 0.3 is 5.97 Å². The number of hydrogen-bond donors (Lipinski definition) is 1. The van der Waals surface area contributed by atoms with Gasteiger partial charge in [0.15, 0.2) is 6.61 Å². The lowest BCUT2D eigenvalue weighted by atomic mass is 10.1. The number of nitrogens with zero attached hydrogens (tertiary/aromatic N) is 1. The summed E-state index contributed by atoms with van der Waals surface area (Å²) in [6, 6.07) is 21.9. The van der Waals surface area contributed by atoms with Crippen LogP contribution in [0.1, 0.15) is 27.0 Å². The van der Waals surface area contributed by atoms with Crippen molar-refractivity contribution >= 4 is 23.5 Å². The molecule has 0 aliphatic heterocycles. The zero-order valence-electron chi connectivity index (χ0n) is 19.5. The molecule has 0 saturated carbocycles. The molecule has 0 spiro atoms. The number of nitrogens with one attached hydrogen (secondary N) is 1. The van der Waals surface area contributed by atoms with Crippen LogP contribution in [0.5, 0.6) is 5.75 Å². The third-order valence-corrected chi connectivity index (χ3v) is 5.25. The SMILES string of the molecule is Cc1cccc(C)c1NC(=O)CN(C)C(=O)COC(=O)c1ccccc1COc1ccccc1. The quantitative estimate of drug-likeness (QED) is 0.485. The van der Waals surface area contributed by atoms with Gasteiger partial charge in [0.05, 0.1) is 12.1 Å². The van der Waals surface area contributed by atoms with Crippen LogP contribution in [0.3, 0.4) is 0 Å². The molecule has 0 aliphatic rings. The van der Waals surface area contributed by atoms with E-state index in [9.17, 15) is 14.4 Å². The highest BCUT2D eigenvalue weighted by atomic mass is 16.5. The van der Waals surface area contributed by atoms with Gasteiger partial charge < -0.3 is 19.7 Å². The Balaban J connectivity index is 1.52. The van der Waals surface area contributed by atoms with Crippen molar-refractivity contribution in [3.05, 3.63) is 95.1 Å². The highest BCUT2D eigenvalue weighted by Crippen LogP contribution is 2.19. The first-order chi connectivity index (χ1) is 16.3. The molecule has 34 heavy (non-hydrogen) atoms.